The topological polar surface area (TPSA) is 52.6 Å². The highest BCUT2D eigenvalue weighted by molar-refractivity contribution is 7.96. The Hall–Kier alpha value is -0.710. The lowest BCUT2D eigenvalue weighted by Gasteiger charge is -2.43. The maximum atomic E-state index is 11.5. The lowest BCUT2D eigenvalue weighted by molar-refractivity contribution is -0.168. The van der Waals surface area contributed by atoms with E-state index in [1.54, 1.807) is 6.92 Å². The Balaban J connectivity index is 2.27. The maximum absolute atomic E-state index is 11.5. The van der Waals surface area contributed by atoms with Gasteiger partial charge in [0.2, 0.25) is 0 Å². The van der Waals surface area contributed by atoms with Crippen LogP contribution in [0.2, 0.25) is 0 Å². The third-order valence-electron chi connectivity index (χ3n) is 3.70. The summed E-state index contributed by atoms with van der Waals surface area (Å²) in [7, 11) is 0. The molecule has 0 spiro atoms. The molecule has 3 atom stereocenters. The average Bonchev–Trinajstić information content (AvgIpc) is 2.34. The van der Waals surface area contributed by atoms with E-state index in [4.69, 9.17) is 9.47 Å². The molecule has 5 heteroatoms. The Morgan fingerprint density at radius 3 is 2.87 bits per heavy atom. The quantitative estimate of drug-likeness (QED) is 0.552. The first-order valence-electron chi connectivity index (χ1n) is 5.01. The zero-order chi connectivity index (χ0) is 11.3. The maximum Gasteiger partial charge on any atom is 0.364 e. The summed E-state index contributed by atoms with van der Waals surface area (Å²) in [5.41, 5.74) is -1.43. The van der Waals surface area contributed by atoms with Crippen molar-refractivity contribution in [2.75, 3.05) is 0 Å². The van der Waals surface area contributed by atoms with Gasteiger partial charge in [0.05, 0.1) is 5.92 Å². The van der Waals surface area contributed by atoms with Crippen molar-refractivity contribution in [2.24, 2.45) is 5.92 Å². The molecule has 2 aliphatic rings. The van der Waals surface area contributed by atoms with Crippen LogP contribution < -0.4 is 0 Å². The van der Waals surface area contributed by atoms with E-state index >= 15 is 0 Å². The van der Waals surface area contributed by atoms with Crippen molar-refractivity contribution in [3.8, 4) is 0 Å². The van der Waals surface area contributed by atoms with Crippen LogP contribution in [0.15, 0.2) is 0 Å². The number of hydrogen-bond donors (Lipinski definition) is 1. The number of carbonyl (C=O) groups excluding carboxylic acids is 2. The van der Waals surface area contributed by atoms with Gasteiger partial charge in [0.1, 0.15) is 11.2 Å². The van der Waals surface area contributed by atoms with Crippen molar-refractivity contribution in [1.82, 2.24) is 0 Å². The Labute approximate surface area is 93.7 Å². The first-order chi connectivity index (χ1) is 6.86. The van der Waals surface area contributed by atoms with Crippen LogP contribution in [0, 0.1) is 5.92 Å². The summed E-state index contributed by atoms with van der Waals surface area (Å²) in [4.78, 5) is 22.4. The molecule has 0 N–H and O–H groups in total. The molecule has 0 radical (unpaired) electrons. The van der Waals surface area contributed by atoms with Gasteiger partial charge in [0.15, 0.2) is 0 Å². The Kier molecular flexibility index (Phi) is 2.26. The molecule has 1 aliphatic carbocycles. The molecule has 0 aromatic carbocycles. The fourth-order valence-corrected chi connectivity index (χ4v) is 2.71. The molecule has 84 valence electrons. The number of esters is 1. The van der Waals surface area contributed by atoms with Gasteiger partial charge in [0.25, 0.3) is 0 Å². The molecule has 3 unspecified atom stereocenters. The van der Waals surface area contributed by atoms with Crippen molar-refractivity contribution < 1.29 is 19.1 Å². The number of ether oxygens (including phenoxy) is 2. The van der Waals surface area contributed by atoms with Crippen LogP contribution in [0.25, 0.3) is 0 Å². The highest BCUT2D eigenvalue weighted by Gasteiger charge is 2.60. The molecule has 1 saturated carbocycles. The van der Waals surface area contributed by atoms with Gasteiger partial charge in [-0.3, -0.25) is 4.79 Å². The minimum atomic E-state index is -0.742. The van der Waals surface area contributed by atoms with Crippen molar-refractivity contribution in [3.05, 3.63) is 0 Å². The Bertz CT molecular complexity index is 329. The van der Waals surface area contributed by atoms with Crippen LogP contribution in [0.3, 0.4) is 0 Å². The molecule has 1 aliphatic heterocycles. The fraction of sp³-hybridized carbons (Fsp3) is 0.800. The smallest absolute Gasteiger partial charge is 0.364 e. The van der Waals surface area contributed by atoms with Gasteiger partial charge in [-0.15, -0.1) is 0 Å². The lowest BCUT2D eigenvalue weighted by atomic mass is 9.71. The molecule has 0 aromatic heterocycles. The number of rotatable bonds is 1. The minimum absolute atomic E-state index is 0.0262. The van der Waals surface area contributed by atoms with Gasteiger partial charge in [-0.2, -0.15) is 0 Å². The third kappa shape index (κ3) is 1.53. The van der Waals surface area contributed by atoms with Crippen molar-refractivity contribution in [1.29, 1.82) is 0 Å². The molecule has 2 rings (SSSR count). The first-order valence-corrected chi connectivity index (χ1v) is 5.46. The standard InChI is InChI=1S/C10H14O4S/c1-9(14-8(12)15)4-3-6-5-10(9,2)13-7(6)11/h6H,3-5H2,1-2H3,(H,12,15). The molecular formula is C10H14O4S. The first kappa shape index (κ1) is 10.8. The summed E-state index contributed by atoms with van der Waals surface area (Å²) < 4.78 is 10.5. The van der Waals surface area contributed by atoms with Crippen molar-refractivity contribution in [3.63, 3.8) is 0 Å². The SMILES string of the molecule is CC1(OC(=O)S)CCC2CC1(C)OC2=O. The van der Waals surface area contributed by atoms with Crippen LogP contribution in [-0.2, 0) is 14.3 Å². The molecule has 2 bridgehead atoms. The zero-order valence-electron chi connectivity index (χ0n) is 8.78. The summed E-state index contributed by atoms with van der Waals surface area (Å²) in [6, 6.07) is 0. The molecular weight excluding hydrogens is 216 g/mol. The number of thiol groups is 1. The largest absolute Gasteiger partial charge is 0.455 e. The van der Waals surface area contributed by atoms with E-state index in [9.17, 15) is 9.59 Å². The highest BCUT2D eigenvalue weighted by Crippen LogP contribution is 2.50. The van der Waals surface area contributed by atoms with Gasteiger partial charge >= 0.3 is 11.3 Å². The summed E-state index contributed by atoms with van der Waals surface area (Å²) in [6.07, 6.45) is 1.99. The molecule has 1 saturated heterocycles. The Morgan fingerprint density at radius 1 is 1.60 bits per heavy atom. The highest BCUT2D eigenvalue weighted by atomic mass is 32.1. The molecule has 4 nitrogen and oxygen atoms in total. The number of carbonyl (C=O) groups is 2. The van der Waals surface area contributed by atoms with E-state index in [-0.39, 0.29) is 11.9 Å². The van der Waals surface area contributed by atoms with E-state index in [0.717, 1.165) is 0 Å². The van der Waals surface area contributed by atoms with Gasteiger partial charge < -0.3 is 9.47 Å². The van der Waals surface area contributed by atoms with Gasteiger partial charge in [-0.1, -0.05) is 12.6 Å². The minimum Gasteiger partial charge on any atom is -0.455 e. The van der Waals surface area contributed by atoms with Crippen molar-refractivity contribution >= 4 is 23.9 Å². The monoisotopic (exact) mass is 230 g/mol. The second-order valence-corrected chi connectivity index (χ2v) is 5.06. The summed E-state index contributed by atoms with van der Waals surface area (Å²) in [5, 5.41) is -0.625. The van der Waals surface area contributed by atoms with Crippen LogP contribution in [0.4, 0.5) is 4.79 Å². The van der Waals surface area contributed by atoms with E-state index in [0.29, 0.717) is 19.3 Å². The van der Waals surface area contributed by atoms with Crippen LogP contribution in [0.5, 0.6) is 0 Å². The predicted octanol–water partition coefficient (Wildman–Crippen LogP) is 1.93. The molecule has 1 heterocycles. The van der Waals surface area contributed by atoms with Crippen molar-refractivity contribution in [2.45, 2.75) is 44.3 Å². The van der Waals surface area contributed by atoms with E-state index in [1.807, 2.05) is 6.92 Å². The van der Waals surface area contributed by atoms with Gasteiger partial charge in [-0.25, -0.2) is 4.79 Å². The zero-order valence-corrected chi connectivity index (χ0v) is 9.67. The van der Waals surface area contributed by atoms with E-state index < -0.39 is 16.5 Å². The number of fused-ring (bicyclic) bond motifs is 2. The van der Waals surface area contributed by atoms with Gasteiger partial charge in [0, 0.05) is 6.42 Å². The second kappa shape index (κ2) is 3.14. The van der Waals surface area contributed by atoms with Crippen LogP contribution >= 0.6 is 12.6 Å². The molecule has 15 heavy (non-hydrogen) atoms. The van der Waals surface area contributed by atoms with Gasteiger partial charge in [-0.05, 0) is 26.7 Å². The predicted molar refractivity (Wildman–Crippen MR) is 55.7 cm³/mol. The van der Waals surface area contributed by atoms with E-state index in [2.05, 4.69) is 12.6 Å². The lowest BCUT2D eigenvalue weighted by Crippen LogP contribution is -2.53. The second-order valence-electron chi connectivity index (χ2n) is 4.69. The molecule has 0 amide bonds. The summed E-state index contributed by atoms with van der Waals surface area (Å²) >= 11 is 3.61. The van der Waals surface area contributed by atoms with Crippen LogP contribution in [-0.4, -0.2) is 22.5 Å². The van der Waals surface area contributed by atoms with E-state index in [1.165, 1.54) is 0 Å². The third-order valence-corrected chi connectivity index (χ3v) is 3.79. The normalized spacial score (nSPS) is 43.7. The molecule has 0 aromatic rings. The average molecular weight is 230 g/mol. The van der Waals surface area contributed by atoms with Crippen LogP contribution in [0.1, 0.15) is 33.1 Å². The Morgan fingerprint density at radius 2 is 2.27 bits per heavy atom. The number of hydrogen-bond acceptors (Lipinski definition) is 4. The molecule has 2 fully saturated rings. The fourth-order valence-electron chi connectivity index (χ4n) is 2.51. The summed E-state index contributed by atoms with van der Waals surface area (Å²) in [5.74, 6) is -0.196. The summed E-state index contributed by atoms with van der Waals surface area (Å²) in [6.45, 7) is 3.62.